The van der Waals surface area contributed by atoms with Gasteiger partial charge in [-0.1, -0.05) is 94.6 Å². The van der Waals surface area contributed by atoms with E-state index in [9.17, 15) is 18.0 Å². The summed E-state index contributed by atoms with van der Waals surface area (Å²) >= 11 is 9.69. The molecule has 2 amide bonds. The van der Waals surface area contributed by atoms with Gasteiger partial charge in [0.05, 0.1) is 10.6 Å². The Kier molecular flexibility index (Phi) is 11.8. The monoisotopic (exact) mass is 709 g/mol. The van der Waals surface area contributed by atoms with Crippen LogP contribution in [0.2, 0.25) is 5.02 Å². The summed E-state index contributed by atoms with van der Waals surface area (Å²) in [6, 6.07) is 27.4. The minimum Gasteiger partial charge on any atom is -0.354 e. The first-order chi connectivity index (χ1) is 21.5. The first-order valence-corrected chi connectivity index (χ1v) is 17.3. The van der Waals surface area contributed by atoms with Crippen molar-refractivity contribution in [2.75, 3.05) is 17.4 Å². The molecule has 4 aromatic carbocycles. The largest absolute Gasteiger partial charge is 0.354 e. The summed E-state index contributed by atoms with van der Waals surface area (Å²) in [5.41, 5.74) is 3.49. The molecule has 0 aliphatic carbocycles. The first-order valence-electron chi connectivity index (χ1n) is 14.7. The number of rotatable bonds is 13. The molecule has 0 aliphatic heterocycles. The Bertz CT molecular complexity index is 1720. The van der Waals surface area contributed by atoms with E-state index in [0.717, 1.165) is 31.9 Å². The van der Waals surface area contributed by atoms with E-state index in [1.807, 2.05) is 68.4 Å². The molecule has 10 heteroatoms. The van der Waals surface area contributed by atoms with Crippen LogP contribution in [0.3, 0.4) is 0 Å². The van der Waals surface area contributed by atoms with Crippen molar-refractivity contribution in [3.05, 3.63) is 129 Å². The molecule has 0 radical (unpaired) electrons. The van der Waals surface area contributed by atoms with Gasteiger partial charge in [0, 0.05) is 29.0 Å². The molecule has 4 rings (SSSR count). The number of anilines is 1. The van der Waals surface area contributed by atoms with E-state index in [4.69, 9.17) is 11.6 Å². The highest BCUT2D eigenvalue weighted by atomic mass is 79.9. The van der Waals surface area contributed by atoms with Crippen molar-refractivity contribution in [3.63, 3.8) is 0 Å². The van der Waals surface area contributed by atoms with Gasteiger partial charge in [-0.25, -0.2) is 8.42 Å². The maximum atomic E-state index is 14.5. The average Bonchev–Trinajstić information content (AvgIpc) is 3.02. The highest BCUT2D eigenvalue weighted by Gasteiger charge is 2.35. The Labute approximate surface area is 279 Å². The standard InChI is InChI=1S/C35H37BrClN3O4S/c1-4-20-38-35(42)33(22-27-8-6-5-7-9-27)39(23-28-12-14-29(36)15-13-28)34(41)24-40(32-19-16-30(37)21-26(32)3)45(43,44)31-17-10-25(2)11-18-31/h5-19,21,33H,4,20,22-24H2,1-3H3,(H,38,42)/t33-/m0/s1. The highest BCUT2D eigenvalue weighted by Crippen LogP contribution is 2.30. The number of carbonyl (C=O) groups is 2. The Hall–Kier alpha value is -3.66. The van der Waals surface area contributed by atoms with Gasteiger partial charge in [0.15, 0.2) is 0 Å². The summed E-state index contributed by atoms with van der Waals surface area (Å²) in [6.45, 7) is 5.60. The maximum Gasteiger partial charge on any atom is 0.264 e. The third kappa shape index (κ3) is 8.96. The molecular weight excluding hydrogens is 674 g/mol. The third-order valence-electron chi connectivity index (χ3n) is 7.40. The zero-order valence-electron chi connectivity index (χ0n) is 25.5. The average molecular weight is 711 g/mol. The fourth-order valence-corrected chi connectivity index (χ4v) is 6.93. The fourth-order valence-electron chi connectivity index (χ4n) is 4.96. The van der Waals surface area contributed by atoms with Crippen LogP contribution in [0, 0.1) is 13.8 Å². The highest BCUT2D eigenvalue weighted by molar-refractivity contribution is 9.10. The molecule has 0 aromatic heterocycles. The SMILES string of the molecule is CCCNC(=O)[C@H](Cc1ccccc1)N(Cc1ccc(Br)cc1)C(=O)CN(c1ccc(Cl)cc1C)S(=O)(=O)c1ccc(C)cc1. The maximum absolute atomic E-state index is 14.5. The van der Waals surface area contributed by atoms with Crippen LogP contribution in [-0.2, 0) is 32.6 Å². The molecule has 4 aromatic rings. The van der Waals surface area contributed by atoms with Crippen molar-refractivity contribution >= 4 is 55.1 Å². The second-order valence-corrected chi connectivity index (χ2v) is 14.1. The zero-order valence-corrected chi connectivity index (χ0v) is 28.7. The predicted octanol–water partition coefficient (Wildman–Crippen LogP) is 7.08. The molecule has 0 spiro atoms. The number of carbonyl (C=O) groups excluding carboxylic acids is 2. The van der Waals surface area contributed by atoms with Crippen molar-refractivity contribution in [1.29, 1.82) is 0 Å². The molecule has 0 bridgehead atoms. The Morgan fingerprint density at radius 3 is 2.18 bits per heavy atom. The molecular formula is C35H37BrClN3O4S. The van der Waals surface area contributed by atoms with Gasteiger partial charge in [-0.3, -0.25) is 13.9 Å². The normalized spacial score (nSPS) is 11.9. The number of nitrogens with zero attached hydrogens (tertiary/aromatic N) is 2. The summed E-state index contributed by atoms with van der Waals surface area (Å²) in [7, 11) is -4.20. The summed E-state index contributed by atoms with van der Waals surface area (Å²) in [6.07, 6.45) is 0.978. The summed E-state index contributed by atoms with van der Waals surface area (Å²) in [5.74, 6) is -0.822. The van der Waals surface area contributed by atoms with E-state index in [1.54, 1.807) is 37.3 Å². The quantitative estimate of drug-likeness (QED) is 0.161. The third-order valence-corrected chi connectivity index (χ3v) is 9.94. The van der Waals surface area contributed by atoms with Gasteiger partial charge in [-0.15, -0.1) is 0 Å². The molecule has 0 unspecified atom stereocenters. The topological polar surface area (TPSA) is 86.8 Å². The van der Waals surface area contributed by atoms with Gasteiger partial charge in [-0.2, -0.15) is 0 Å². The number of benzene rings is 4. The molecule has 0 heterocycles. The van der Waals surface area contributed by atoms with Gasteiger partial charge in [-0.05, 0) is 79.4 Å². The summed E-state index contributed by atoms with van der Waals surface area (Å²) in [5, 5.41) is 3.40. The van der Waals surface area contributed by atoms with Crippen LogP contribution in [0.4, 0.5) is 5.69 Å². The Morgan fingerprint density at radius 1 is 0.889 bits per heavy atom. The van der Waals surface area contributed by atoms with Crippen LogP contribution in [0.1, 0.15) is 35.6 Å². The van der Waals surface area contributed by atoms with Crippen molar-refractivity contribution in [2.45, 2.75) is 51.1 Å². The molecule has 7 nitrogen and oxygen atoms in total. The minimum atomic E-state index is -4.20. The Balaban J connectivity index is 1.81. The second-order valence-electron chi connectivity index (χ2n) is 10.9. The van der Waals surface area contributed by atoms with Gasteiger partial charge in [0.25, 0.3) is 10.0 Å². The summed E-state index contributed by atoms with van der Waals surface area (Å²) in [4.78, 5) is 29.8. The molecule has 0 saturated heterocycles. The molecule has 236 valence electrons. The number of nitrogens with one attached hydrogen (secondary N) is 1. The van der Waals surface area contributed by atoms with Crippen LogP contribution >= 0.6 is 27.5 Å². The lowest BCUT2D eigenvalue weighted by Gasteiger charge is -2.34. The molecule has 0 fully saturated rings. The summed E-state index contributed by atoms with van der Waals surface area (Å²) < 4.78 is 30.4. The van der Waals surface area contributed by atoms with Crippen molar-refractivity contribution in [1.82, 2.24) is 10.2 Å². The number of hydrogen-bond donors (Lipinski definition) is 1. The van der Waals surface area contributed by atoms with Crippen molar-refractivity contribution in [2.24, 2.45) is 0 Å². The van der Waals surface area contributed by atoms with E-state index < -0.39 is 28.5 Å². The molecule has 45 heavy (non-hydrogen) atoms. The number of halogens is 2. The Morgan fingerprint density at radius 2 is 1.56 bits per heavy atom. The lowest BCUT2D eigenvalue weighted by molar-refractivity contribution is -0.140. The van der Waals surface area contributed by atoms with Gasteiger partial charge in [0.2, 0.25) is 11.8 Å². The first kappa shape index (κ1) is 34.2. The molecule has 0 saturated carbocycles. The second kappa shape index (κ2) is 15.6. The van der Waals surface area contributed by atoms with E-state index in [2.05, 4.69) is 21.2 Å². The van der Waals surface area contributed by atoms with Crippen molar-refractivity contribution < 1.29 is 18.0 Å². The molecule has 1 N–H and O–H groups in total. The number of amides is 2. The fraction of sp³-hybridized carbons (Fsp3) is 0.257. The van der Waals surface area contributed by atoms with Crippen LogP contribution in [0.15, 0.2) is 106 Å². The van der Waals surface area contributed by atoms with Gasteiger partial charge in [0.1, 0.15) is 12.6 Å². The van der Waals surface area contributed by atoms with E-state index in [-0.39, 0.29) is 23.8 Å². The van der Waals surface area contributed by atoms with E-state index >= 15 is 0 Å². The predicted molar refractivity (Wildman–Crippen MR) is 184 cm³/mol. The lowest BCUT2D eigenvalue weighted by atomic mass is 10.0. The van der Waals surface area contributed by atoms with Crippen LogP contribution in [-0.4, -0.2) is 44.3 Å². The van der Waals surface area contributed by atoms with Crippen LogP contribution < -0.4 is 9.62 Å². The number of sulfonamides is 1. The number of aryl methyl sites for hydroxylation is 2. The molecule has 1 atom stereocenters. The van der Waals surface area contributed by atoms with Crippen molar-refractivity contribution in [3.8, 4) is 0 Å². The minimum absolute atomic E-state index is 0.0521. The van der Waals surface area contributed by atoms with E-state index in [1.165, 1.54) is 17.0 Å². The smallest absolute Gasteiger partial charge is 0.264 e. The van der Waals surface area contributed by atoms with E-state index in [0.29, 0.717) is 22.8 Å². The lowest BCUT2D eigenvalue weighted by Crippen LogP contribution is -2.53. The van der Waals surface area contributed by atoms with Crippen LogP contribution in [0.5, 0.6) is 0 Å². The molecule has 0 aliphatic rings. The number of hydrogen-bond acceptors (Lipinski definition) is 4. The van der Waals surface area contributed by atoms with Gasteiger partial charge >= 0.3 is 0 Å². The zero-order chi connectivity index (χ0) is 32.6. The van der Waals surface area contributed by atoms with Crippen LogP contribution in [0.25, 0.3) is 0 Å². The van der Waals surface area contributed by atoms with Gasteiger partial charge < -0.3 is 10.2 Å².